The smallest absolute Gasteiger partial charge is 0.246 e. The minimum Gasteiger partial charge on any atom is -0.324 e. The summed E-state index contributed by atoms with van der Waals surface area (Å²) in [6, 6.07) is 13.3. The first-order valence-corrected chi connectivity index (χ1v) is 6.27. The molecule has 1 amide bonds. The summed E-state index contributed by atoms with van der Waals surface area (Å²) in [5.74, 6) is -0.663. The molecule has 1 unspecified atom stereocenters. The SMILES string of the molecule is Cc1cc(F)ccc1NC(=O)C(Cl)c1ccccc1. The third-order valence-corrected chi connectivity index (χ3v) is 3.22. The number of aryl methyl sites for hydroxylation is 1. The zero-order valence-corrected chi connectivity index (χ0v) is 11.1. The van der Waals surface area contributed by atoms with E-state index in [1.54, 1.807) is 19.1 Å². The zero-order valence-electron chi connectivity index (χ0n) is 10.4. The third-order valence-electron chi connectivity index (χ3n) is 2.77. The lowest BCUT2D eigenvalue weighted by Gasteiger charge is -2.12. The maximum atomic E-state index is 13.0. The van der Waals surface area contributed by atoms with Crippen molar-refractivity contribution in [3.05, 3.63) is 65.5 Å². The number of benzene rings is 2. The van der Waals surface area contributed by atoms with Crippen molar-refractivity contribution in [2.24, 2.45) is 0 Å². The van der Waals surface area contributed by atoms with Gasteiger partial charge in [0.2, 0.25) is 5.91 Å². The molecule has 0 heterocycles. The largest absolute Gasteiger partial charge is 0.324 e. The molecule has 0 aliphatic heterocycles. The van der Waals surface area contributed by atoms with Crippen LogP contribution in [0.15, 0.2) is 48.5 Å². The second-order valence-corrected chi connectivity index (χ2v) is 4.66. The molecule has 0 saturated heterocycles. The minimum atomic E-state index is -0.773. The van der Waals surface area contributed by atoms with Crippen LogP contribution in [0.5, 0.6) is 0 Å². The molecule has 0 saturated carbocycles. The fraction of sp³-hybridized carbons (Fsp3) is 0.133. The highest BCUT2D eigenvalue weighted by Gasteiger charge is 2.17. The maximum Gasteiger partial charge on any atom is 0.246 e. The van der Waals surface area contributed by atoms with Gasteiger partial charge in [-0.1, -0.05) is 30.3 Å². The summed E-state index contributed by atoms with van der Waals surface area (Å²) in [6.07, 6.45) is 0. The van der Waals surface area contributed by atoms with Crippen molar-refractivity contribution in [2.45, 2.75) is 12.3 Å². The fourth-order valence-corrected chi connectivity index (χ4v) is 1.94. The Hall–Kier alpha value is -1.87. The van der Waals surface area contributed by atoms with Crippen molar-refractivity contribution in [1.29, 1.82) is 0 Å². The lowest BCUT2D eigenvalue weighted by atomic mass is 10.1. The Morgan fingerprint density at radius 2 is 1.89 bits per heavy atom. The topological polar surface area (TPSA) is 29.1 Å². The van der Waals surface area contributed by atoms with Crippen LogP contribution in [0.1, 0.15) is 16.5 Å². The summed E-state index contributed by atoms with van der Waals surface area (Å²) < 4.78 is 13.0. The monoisotopic (exact) mass is 277 g/mol. The maximum absolute atomic E-state index is 13.0. The Labute approximate surface area is 116 Å². The molecule has 19 heavy (non-hydrogen) atoms. The second kappa shape index (κ2) is 5.85. The Morgan fingerprint density at radius 3 is 2.53 bits per heavy atom. The molecule has 1 atom stereocenters. The molecule has 2 nitrogen and oxygen atoms in total. The van der Waals surface area contributed by atoms with E-state index in [0.29, 0.717) is 11.3 Å². The van der Waals surface area contributed by atoms with Gasteiger partial charge in [-0.15, -0.1) is 11.6 Å². The quantitative estimate of drug-likeness (QED) is 0.843. The van der Waals surface area contributed by atoms with E-state index in [1.165, 1.54) is 18.2 Å². The van der Waals surface area contributed by atoms with Crippen LogP contribution in [0.25, 0.3) is 0 Å². The van der Waals surface area contributed by atoms with Crippen LogP contribution in [-0.2, 0) is 4.79 Å². The van der Waals surface area contributed by atoms with Crippen LogP contribution < -0.4 is 5.32 Å². The van der Waals surface area contributed by atoms with E-state index in [0.717, 1.165) is 5.56 Å². The molecule has 0 spiro atoms. The summed E-state index contributed by atoms with van der Waals surface area (Å²) in [7, 11) is 0. The van der Waals surface area contributed by atoms with Gasteiger partial charge in [-0.2, -0.15) is 0 Å². The van der Waals surface area contributed by atoms with Gasteiger partial charge >= 0.3 is 0 Å². The van der Waals surface area contributed by atoms with Gasteiger partial charge in [-0.05, 0) is 36.2 Å². The van der Waals surface area contributed by atoms with Crippen molar-refractivity contribution in [3.8, 4) is 0 Å². The number of amides is 1. The molecule has 1 N–H and O–H groups in total. The molecule has 0 aromatic heterocycles. The molecule has 0 fully saturated rings. The van der Waals surface area contributed by atoms with Crippen LogP contribution in [0.4, 0.5) is 10.1 Å². The number of carbonyl (C=O) groups is 1. The lowest BCUT2D eigenvalue weighted by Crippen LogP contribution is -2.17. The number of nitrogens with one attached hydrogen (secondary N) is 1. The molecule has 2 aromatic carbocycles. The third kappa shape index (κ3) is 3.32. The molecular formula is C15H13ClFNO. The van der Waals surface area contributed by atoms with Crippen molar-refractivity contribution in [2.75, 3.05) is 5.32 Å². The summed E-state index contributed by atoms with van der Waals surface area (Å²) in [6.45, 7) is 1.73. The number of carbonyl (C=O) groups excluding carboxylic acids is 1. The van der Waals surface area contributed by atoms with Gasteiger partial charge in [0.1, 0.15) is 11.2 Å². The van der Waals surface area contributed by atoms with E-state index in [9.17, 15) is 9.18 Å². The highest BCUT2D eigenvalue weighted by atomic mass is 35.5. The molecule has 0 aliphatic rings. The number of alkyl halides is 1. The first kappa shape index (κ1) is 13.6. The predicted octanol–water partition coefficient (Wildman–Crippen LogP) is 4.05. The number of halogens is 2. The predicted molar refractivity (Wildman–Crippen MR) is 74.8 cm³/mol. The molecule has 0 radical (unpaired) electrons. The normalized spacial score (nSPS) is 11.9. The molecule has 4 heteroatoms. The molecule has 2 aromatic rings. The fourth-order valence-electron chi connectivity index (χ4n) is 1.74. The Bertz CT molecular complexity index is 586. The highest BCUT2D eigenvalue weighted by Crippen LogP contribution is 2.23. The van der Waals surface area contributed by atoms with Crippen molar-refractivity contribution < 1.29 is 9.18 Å². The Morgan fingerprint density at radius 1 is 1.21 bits per heavy atom. The summed E-state index contributed by atoms with van der Waals surface area (Å²) in [5, 5.41) is 1.93. The van der Waals surface area contributed by atoms with Crippen LogP contribution in [0, 0.1) is 12.7 Å². The van der Waals surface area contributed by atoms with Crippen LogP contribution >= 0.6 is 11.6 Å². The average molecular weight is 278 g/mol. The summed E-state index contributed by atoms with van der Waals surface area (Å²) >= 11 is 6.10. The van der Waals surface area contributed by atoms with Gasteiger partial charge < -0.3 is 5.32 Å². The number of rotatable bonds is 3. The zero-order chi connectivity index (χ0) is 13.8. The van der Waals surface area contributed by atoms with Gasteiger partial charge in [0, 0.05) is 5.69 Å². The van der Waals surface area contributed by atoms with E-state index in [4.69, 9.17) is 11.6 Å². The Balaban J connectivity index is 2.13. The van der Waals surface area contributed by atoms with Crippen molar-refractivity contribution in [1.82, 2.24) is 0 Å². The molecule has 0 bridgehead atoms. The van der Waals surface area contributed by atoms with Crippen LogP contribution in [0.3, 0.4) is 0 Å². The first-order valence-electron chi connectivity index (χ1n) is 5.84. The summed E-state index contributed by atoms with van der Waals surface area (Å²) in [4.78, 5) is 12.0. The standard InChI is InChI=1S/C15H13ClFNO/c1-10-9-12(17)7-8-13(10)18-15(19)14(16)11-5-3-2-4-6-11/h2-9,14H,1H3,(H,18,19). The van der Waals surface area contributed by atoms with Gasteiger partial charge in [0.15, 0.2) is 0 Å². The number of hydrogen-bond acceptors (Lipinski definition) is 1. The van der Waals surface area contributed by atoms with Gasteiger partial charge in [0.25, 0.3) is 0 Å². The molecular weight excluding hydrogens is 265 g/mol. The number of hydrogen-bond donors (Lipinski definition) is 1. The highest BCUT2D eigenvalue weighted by molar-refractivity contribution is 6.32. The summed E-state index contributed by atoms with van der Waals surface area (Å²) in [5.41, 5.74) is 1.94. The van der Waals surface area contributed by atoms with Crippen molar-refractivity contribution in [3.63, 3.8) is 0 Å². The van der Waals surface area contributed by atoms with E-state index in [1.807, 2.05) is 18.2 Å². The van der Waals surface area contributed by atoms with Gasteiger partial charge in [-0.25, -0.2) is 4.39 Å². The molecule has 0 aliphatic carbocycles. The van der Waals surface area contributed by atoms with Crippen LogP contribution in [-0.4, -0.2) is 5.91 Å². The van der Waals surface area contributed by atoms with E-state index in [2.05, 4.69) is 5.32 Å². The van der Waals surface area contributed by atoms with Gasteiger partial charge in [0.05, 0.1) is 0 Å². The molecule has 98 valence electrons. The van der Waals surface area contributed by atoms with Gasteiger partial charge in [-0.3, -0.25) is 4.79 Å². The Kier molecular flexibility index (Phi) is 4.17. The second-order valence-electron chi connectivity index (χ2n) is 4.22. The number of anilines is 1. The van der Waals surface area contributed by atoms with E-state index < -0.39 is 5.38 Å². The van der Waals surface area contributed by atoms with E-state index >= 15 is 0 Å². The average Bonchev–Trinajstić information content (AvgIpc) is 2.42. The van der Waals surface area contributed by atoms with E-state index in [-0.39, 0.29) is 11.7 Å². The van der Waals surface area contributed by atoms with Crippen LogP contribution in [0.2, 0.25) is 0 Å². The molecule has 2 rings (SSSR count). The minimum absolute atomic E-state index is 0.331. The van der Waals surface area contributed by atoms with Crippen molar-refractivity contribution >= 4 is 23.2 Å². The first-order chi connectivity index (χ1) is 9.08. The lowest BCUT2D eigenvalue weighted by molar-refractivity contribution is -0.116.